The molecule has 0 aromatic heterocycles. The van der Waals surface area contributed by atoms with E-state index < -0.39 is 11.9 Å². The van der Waals surface area contributed by atoms with Gasteiger partial charge in [0.25, 0.3) is 0 Å². The smallest absolute Gasteiger partial charge is 0.328 e. The molecule has 0 saturated carbocycles. The second-order valence-corrected chi connectivity index (χ2v) is 5.13. The first-order valence-corrected chi connectivity index (χ1v) is 9.36. The molecule has 12 nitrogen and oxygen atoms in total. The Morgan fingerprint density at radius 1 is 0.467 bits per heavy atom. The van der Waals surface area contributed by atoms with Crippen molar-refractivity contribution >= 4 is 11.9 Å². The Labute approximate surface area is 175 Å². The van der Waals surface area contributed by atoms with E-state index in [0.29, 0.717) is 91.4 Å². The van der Waals surface area contributed by atoms with Crippen molar-refractivity contribution in [3.63, 3.8) is 0 Å². The summed E-state index contributed by atoms with van der Waals surface area (Å²) in [5, 5.41) is 32.6. The molecule has 30 heavy (non-hydrogen) atoms. The molecule has 0 saturated heterocycles. The number of aliphatic carboxylic acids is 2. The van der Waals surface area contributed by atoms with Crippen LogP contribution in [0.1, 0.15) is 0 Å². The van der Waals surface area contributed by atoms with Gasteiger partial charge >= 0.3 is 11.9 Å². The first-order valence-electron chi connectivity index (χ1n) is 9.36. The van der Waals surface area contributed by atoms with Crippen molar-refractivity contribution in [1.82, 2.24) is 0 Å². The second kappa shape index (κ2) is 27.4. The highest BCUT2D eigenvalue weighted by Crippen LogP contribution is 1.84. The zero-order chi connectivity index (χ0) is 22.7. The molecule has 0 amide bonds. The van der Waals surface area contributed by atoms with Crippen molar-refractivity contribution in [2.45, 2.75) is 0 Å². The second-order valence-electron chi connectivity index (χ2n) is 5.13. The molecule has 0 rings (SSSR count). The van der Waals surface area contributed by atoms with Crippen LogP contribution in [-0.4, -0.2) is 125 Å². The predicted octanol–water partition coefficient (Wildman–Crippen LogP) is -1.22. The van der Waals surface area contributed by atoms with E-state index in [1.54, 1.807) is 0 Å². The molecule has 4 N–H and O–H groups in total. The molecule has 0 unspecified atom stereocenters. The van der Waals surface area contributed by atoms with E-state index in [9.17, 15) is 9.59 Å². The first kappa shape index (κ1) is 30.6. The monoisotopic (exact) mass is 442 g/mol. The summed E-state index contributed by atoms with van der Waals surface area (Å²) in [6.45, 7) is 5.81. The van der Waals surface area contributed by atoms with Crippen LogP contribution in [0.25, 0.3) is 0 Å². The molecule has 0 bridgehead atoms. The Hall–Kier alpha value is -1.64. The Kier molecular flexibility index (Phi) is 27.9. The van der Waals surface area contributed by atoms with Gasteiger partial charge in [-0.1, -0.05) is 0 Å². The molecule has 0 aromatic carbocycles. The van der Waals surface area contributed by atoms with Gasteiger partial charge in [0.05, 0.1) is 92.5 Å². The average molecular weight is 442 g/mol. The Bertz CT molecular complexity index is 367. The molecule has 0 spiro atoms. The molecule has 0 radical (unpaired) electrons. The largest absolute Gasteiger partial charge is 0.478 e. The van der Waals surface area contributed by atoms with Crippen LogP contribution in [0.2, 0.25) is 0 Å². The van der Waals surface area contributed by atoms with Crippen LogP contribution in [0.15, 0.2) is 12.2 Å². The molecular formula is C18H34O12. The number of rotatable bonds is 21. The van der Waals surface area contributed by atoms with E-state index in [4.69, 9.17) is 48.8 Å². The third-order valence-electron chi connectivity index (χ3n) is 2.70. The van der Waals surface area contributed by atoms with Crippen LogP contribution in [0, 0.1) is 0 Å². The van der Waals surface area contributed by atoms with Gasteiger partial charge in [0.15, 0.2) is 0 Å². The van der Waals surface area contributed by atoms with Gasteiger partial charge in [-0.2, -0.15) is 0 Å². The fourth-order valence-corrected chi connectivity index (χ4v) is 1.47. The van der Waals surface area contributed by atoms with Gasteiger partial charge in [0.2, 0.25) is 0 Å². The lowest BCUT2D eigenvalue weighted by Gasteiger charge is -2.07. The molecule has 0 heterocycles. The van der Waals surface area contributed by atoms with E-state index in [0.717, 1.165) is 0 Å². The summed E-state index contributed by atoms with van der Waals surface area (Å²) in [7, 11) is 0. The third kappa shape index (κ3) is 33.9. The minimum atomic E-state index is -1.26. The van der Waals surface area contributed by atoms with Crippen LogP contribution in [0.5, 0.6) is 0 Å². The Balaban J connectivity index is 0. The summed E-state index contributed by atoms with van der Waals surface area (Å²) >= 11 is 0. The number of carbonyl (C=O) groups is 2. The standard InChI is InChI=1S/C14H30O8.C4H4O4/c15-1-3-17-5-7-19-9-11-21-13-14-22-12-10-20-8-6-18-4-2-16;5-3(6)1-2-4(7)8/h15-16H,1-14H2;1-2H,(H,5,6)(H,7,8). The van der Waals surface area contributed by atoms with Crippen molar-refractivity contribution in [1.29, 1.82) is 0 Å². The highest BCUT2D eigenvalue weighted by atomic mass is 16.6. The van der Waals surface area contributed by atoms with Gasteiger partial charge in [-0.3, -0.25) is 0 Å². The highest BCUT2D eigenvalue weighted by Gasteiger charge is 1.93. The van der Waals surface area contributed by atoms with Crippen molar-refractivity contribution in [2.24, 2.45) is 0 Å². The lowest BCUT2D eigenvalue weighted by molar-refractivity contribution is -0.134. The molecular weight excluding hydrogens is 408 g/mol. The minimum absolute atomic E-state index is 0.0334. The van der Waals surface area contributed by atoms with E-state index in [2.05, 4.69) is 0 Å². The van der Waals surface area contributed by atoms with E-state index in [-0.39, 0.29) is 13.2 Å². The summed E-state index contributed by atoms with van der Waals surface area (Å²) in [6.07, 6.45) is 1.12. The summed E-state index contributed by atoms with van der Waals surface area (Å²) in [5.41, 5.74) is 0. The first-order chi connectivity index (χ1) is 14.5. The number of carboxylic acids is 2. The highest BCUT2D eigenvalue weighted by molar-refractivity contribution is 5.89. The molecule has 0 aliphatic carbocycles. The number of aliphatic hydroxyl groups excluding tert-OH is 2. The van der Waals surface area contributed by atoms with Crippen molar-refractivity contribution in [3.8, 4) is 0 Å². The maximum Gasteiger partial charge on any atom is 0.328 e. The number of aliphatic hydroxyl groups is 2. The number of hydrogen-bond donors (Lipinski definition) is 4. The normalized spacial score (nSPS) is 10.7. The van der Waals surface area contributed by atoms with Gasteiger partial charge in [0.1, 0.15) is 0 Å². The topological polar surface area (TPSA) is 170 Å². The van der Waals surface area contributed by atoms with Gasteiger partial charge in [-0.05, 0) is 0 Å². The maximum atomic E-state index is 9.55. The van der Waals surface area contributed by atoms with Gasteiger partial charge in [0, 0.05) is 12.2 Å². The zero-order valence-electron chi connectivity index (χ0n) is 17.1. The quantitative estimate of drug-likeness (QED) is 0.124. The predicted molar refractivity (Wildman–Crippen MR) is 103 cm³/mol. The van der Waals surface area contributed by atoms with Crippen LogP contribution < -0.4 is 0 Å². The fraction of sp³-hybridized carbons (Fsp3) is 0.778. The summed E-state index contributed by atoms with van der Waals surface area (Å²) in [4.78, 5) is 19.1. The van der Waals surface area contributed by atoms with Crippen LogP contribution >= 0.6 is 0 Å². The van der Waals surface area contributed by atoms with Crippen molar-refractivity contribution < 1.29 is 58.4 Å². The Morgan fingerprint density at radius 3 is 0.833 bits per heavy atom. The molecule has 12 heteroatoms. The SMILES string of the molecule is O=C(O)C=CC(=O)O.OCCOCCOCCOCCOCCOCCOCCO. The number of hydrogen-bond acceptors (Lipinski definition) is 10. The molecule has 0 atom stereocenters. The van der Waals surface area contributed by atoms with Crippen LogP contribution in [0.4, 0.5) is 0 Å². The minimum Gasteiger partial charge on any atom is -0.478 e. The molecule has 0 aliphatic rings. The lowest BCUT2D eigenvalue weighted by atomic mass is 10.5. The van der Waals surface area contributed by atoms with E-state index in [1.165, 1.54) is 0 Å². The number of ether oxygens (including phenoxy) is 6. The van der Waals surface area contributed by atoms with Gasteiger partial charge in [-0.25, -0.2) is 9.59 Å². The van der Waals surface area contributed by atoms with Gasteiger partial charge < -0.3 is 48.8 Å². The average Bonchev–Trinajstić information content (AvgIpc) is 2.72. The van der Waals surface area contributed by atoms with Crippen LogP contribution in [0.3, 0.4) is 0 Å². The third-order valence-corrected chi connectivity index (χ3v) is 2.70. The van der Waals surface area contributed by atoms with Crippen LogP contribution in [-0.2, 0) is 38.0 Å². The fourth-order valence-electron chi connectivity index (χ4n) is 1.47. The van der Waals surface area contributed by atoms with E-state index in [1.807, 2.05) is 0 Å². The maximum absolute atomic E-state index is 9.55. The summed E-state index contributed by atoms with van der Waals surface area (Å²) in [5.74, 6) is -2.51. The Morgan fingerprint density at radius 2 is 0.667 bits per heavy atom. The zero-order valence-corrected chi connectivity index (χ0v) is 17.1. The summed E-state index contributed by atoms with van der Waals surface area (Å²) in [6, 6.07) is 0. The van der Waals surface area contributed by atoms with E-state index >= 15 is 0 Å². The molecule has 0 aromatic rings. The molecule has 0 aliphatic heterocycles. The van der Waals surface area contributed by atoms with Crippen molar-refractivity contribution in [3.05, 3.63) is 12.2 Å². The number of carboxylic acid groups (broad SMARTS) is 2. The van der Waals surface area contributed by atoms with Crippen molar-refractivity contribution in [2.75, 3.05) is 92.5 Å². The van der Waals surface area contributed by atoms with Gasteiger partial charge in [-0.15, -0.1) is 0 Å². The summed E-state index contributed by atoms with van der Waals surface area (Å²) < 4.78 is 31.2. The lowest BCUT2D eigenvalue weighted by Crippen LogP contribution is -2.14. The molecule has 0 fully saturated rings. The molecule has 178 valence electrons.